The van der Waals surface area contributed by atoms with Gasteiger partial charge < -0.3 is 0 Å². The summed E-state index contributed by atoms with van der Waals surface area (Å²) in [5.41, 5.74) is 0. The lowest BCUT2D eigenvalue weighted by molar-refractivity contribution is 0.556. The summed E-state index contributed by atoms with van der Waals surface area (Å²) in [7, 11) is -3.53. The summed E-state index contributed by atoms with van der Waals surface area (Å²) in [4.78, 5) is 0.222. The van der Waals surface area contributed by atoms with Gasteiger partial charge in [0.15, 0.2) is 15.7 Å². The Balaban J connectivity index is 1.98. The number of hydrogen-bond acceptors (Lipinski definition) is 5. The van der Waals surface area contributed by atoms with Crippen LogP contribution in [0.4, 0.5) is 0 Å². The van der Waals surface area contributed by atoms with Gasteiger partial charge in [-0.2, -0.15) is 0 Å². The van der Waals surface area contributed by atoms with Gasteiger partial charge in [0.2, 0.25) is 0 Å². The average molecular weight is 313 g/mol. The first-order chi connectivity index (χ1) is 9.50. The topological polar surface area (TPSA) is 77.7 Å². The molecular formula is C12H13ClN4O2S. The zero-order valence-electron chi connectivity index (χ0n) is 10.8. The highest BCUT2D eigenvalue weighted by Gasteiger charge is 2.34. The van der Waals surface area contributed by atoms with E-state index >= 15 is 0 Å². The first-order valence-corrected chi connectivity index (χ1v) is 8.20. The van der Waals surface area contributed by atoms with Crippen LogP contribution in [0.2, 0.25) is 5.02 Å². The second-order valence-corrected chi connectivity index (χ2v) is 7.56. The van der Waals surface area contributed by atoms with Crippen molar-refractivity contribution in [3.05, 3.63) is 35.1 Å². The fourth-order valence-corrected chi connectivity index (χ4v) is 3.50. The summed E-state index contributed by atoms with van der Waals surface area (Å²) in [6.07, 6.45) is 1.98. The maximum absolute atomic E-state index is 12.6. The van der Waals surface area contributed by atoms with E-state index in [0.29, 0.717) is 10.8 Å². The highest BCUT2D eigenvalue weighted by Crippen LogP contribution is 2.37. The van der Waals surface area contributed by atoms with Crippen molar-refractivity contribution < 1.29 is 8.42 Å². The lowest BCUT2D eigenvalue weighted by atomic mass is 10.4. The molecule has 1 aliphatic carbocycles. The van der Waals surface area contributed by atoms with Crippen LogP contribution in [0.25, 0.3) is 0 Å². The highest BCUT2D eigenvalue weighted by atomic mass is 35.5. The summed E-state index contributed by atoms with van der Waals surface area (Å²) < 4.78 is 26.8. The molecule has 20 heavy (non-hydrogen) atoms. The zero-order valence-corrected chi connectivity index (χ0v) is 12.3. The Hall–Kier alpha value is -1.47. The molecule has 1 atom stereocenters. The van der Waals surface area contributed by atoms with Crippen LogP contribution in [0.1, 0.15) is 36.9 Å². The van der Waals surface area contributed by atoms with Crippen molar-refractivity contribution >= 4 is 21.4 Å². The van der Waals surface area contributed by atoms with Crippen molar-refractivity contribution in [2.24, 2.45) is 0 Å². The number of hydrogen-bond donors (Lipinski definition) is 0. The Morgan fingerprint density at radius 3 is 2.55 bits per heavy atom. The molecule has 1 saturated carbocycles. The SMILES string of the molecule is CC(c1nnnn1C1CC1)S(=O)(=O)c1ccc(Cl)cc1. The van der Waals surface area contributed by atoms with Crippen molar-refractivity contribution in [3.8, 4) is 0 Å². The summed E-state index contributed by atoms with van der Waals surface area (Å²) in [6.45, 7) is 1.61. The van der Waals surface area contributed by atoms with Gasteiger partial charge in [-0.3, -0.25) is 0 Å². The van der Waals surface area contributed by atoms with E-state index in [1.807, 2.05) is 0 Å². The average Bonchev–Trinajstić information content (AvgIpc) is 3.16. The van der Waals surface area contributed by atoms with E-state index in [-0.39, 0.29) is 10.9 Å². The quantitative estimate of drug-likeness (QED) is 0.865. The van der Waals surface area contributed by atoms with E-state index in [1.165, 1.54) is 12.1 Å². The zero-order chi connectivity index (χ0) is 14.3. The van der Waals surface area contributed by atoms with Crippen LogP contribution in [-0.2, 0) is 9.84 Å². The number of halogens is 1. The molecule has 0 N–H and O–H groups in total. The van der Waals surface area contributed by atoms with E-state index in [1.54, 1.807) is 23.7 Å². The molecule has 1 aromatic carbocycles. The minimum Gasteiger partial charge on any atom is -0.225 e. The van der Waals surface area contributed by atoms with Crippen LogP contribution >= 0.6 is 11.6 Å². The molecule has 0 saturated heterocycles. The molecule has 3 rings (SSSR count). The van der Waals surface area contributed by atoms with Crippen molar-refractivity contribution in [1.82, 2.24) is 20.2 Å². The molecule has 0 aliphatic heterocycles. The molecular weight excluding hydrogens is 300 g/mol. The molecule has 0 amide bonds. The normalized spacial score (nSPS) is 17.1. The van der Waals surface area contributed by atoms with Crippen molar-refractivity contribution in [1.29, 1.82) is 0 Å². The Labute approximate surface area is 121 Å². The monoisotopic (exact) mass is 312 g/mol. The fourth-order valence-electron chi connectivity index (χ4n) is 2.01. The fraction of sp³-hybridized carbons (Fsp3) is 0.417. The van der Waals surface area contributed by atoms with Crippen molar-refractivity contribution in [2.75, 3.05) is 0 Å². The minimum atomic E-state index is -3.53. The number of rotatable bonds is 4. The van der Waals surface area contributed by atoms with Gasteiger partial charge in [0.25, 0.3) is 0 Å². The van der Waals surface area contributed by atoms with Gasteiger partial charge in [-0.25, -0.2) is 13.1 Å². The Morgan fingerprint density at radius 1 is 1.30 bits per heavy atom. The van der Waals surface area contributed by atoms with E-state index in [0.717, 1.165) is 12.8 Å². The van der Waals surface area contributed by atoms with Crippen LogP contribution in [0, 0.1) is 0 Å². The number of benzene rings is 1. The van der Waals surface area contributed by atoms with Gasteiger partial charge in [0.1, 0.15) is 5.25 Å². The predicted molar refractivity (Wildman–Crippen MR) is 73.1 cm³/mol. The standard InChI is InChI=1S/C12H13ClN4O2S/c1-8(12-14-15-16-17(12)10-4-5-10)20(18,19)11-6-2-9(13)3-7-11/h2-3,6-8,10H,4-5H2,1H3. The molecule has 1 unspecified atom stereocenters. The predicted octanol–water partition coefficient (Wildman–Crippen LogP) is 2.20. The van der Waals surface area contributed by atoms with Crippen LogP contribution in [0.5, 0.6) is 0 Å². The third-order valence-corrected chi connectivity index (χ3v) is 5.71. The van der Waals surface area contributed by atoms with Crippen molar-refractivity contribution in [3.63, 3.8) is 0 Å². The minimum absolute atomic E-state index is 0.222. The second kappa shape index (κ2) is 4.82. The summed E-state index contributed by atoms with van der Waals surface area (Å²) >= 11 is 5.78. The summed E-state index contributed by atoms with van der Waals surface area (Å²) in [5.74, 6) is 0.391. The largest absolute Gasteiger partial charge is 0.225 e. The summed E-state index contributed by atoms with van der Waals surface area (Å²) in [5, 5.41) is 11.1. The van der Waals surface area contributed by atoms with Crippen LogP contribution in [-0.4, -0.2) is 28.6 Å². The highest BCUT2D eigenvalue weighted by molar-refractivity contribution is 7.91. The third-order valence-electron chi connectivity index (χ3n) is 3.38. The van der Waals surface area contributed by atoms with Gasteiger partial charge in [-0.05, 0) is 54.5 Å². The molecule has 106 valence electrons. The molecule has 1 heterocycles. The van der Waals surface area contributed by atoms with Gasteiger partial charge >= 0.3 is 0 Å². The lowest BCUT2D eigenvalue weighted by Gasteiger charge is -2.12. The Kier molecular flexibility index (Phi) is 3.25. The second-order valence-electron chi connectivity index (χ2n) is 4.85. The van der Waals surface area contributed by atoms with Gasteiger partial charge in [0.05, 0.1) is 10.9 Å². The Morgan fingerprint density at radius 2 is 1.95 bits per heavy atom. The molecule has 1 fully saturated rings. The van der Waals surface area contributed by atoms with Crippen LogP contribution in [0.3, 0.4) is 0 Å². The number of aromatic nitrogens is 4. The molecule has 1 aromatic heterocycles. The molecule has 2 aromatic rings. The molecule has 0 radical (unpaired) electrons. The summed E-state index contributed by atoms with van der Waals surface area (Å²) in [6, 6.07) is 6.36. The number of tetrazole rings is 1. The third kappa shape index (κ3) is 2.31. The smallest absolute Gasteiger partial charge is 0.188 e. The maximum atomic E-state index is 12.6. The van der Waals surface area contributed by atoms with Gasteiger partial charge in [0, 0.05) is 5.02 Å². The molecule has 0 spiro atoms. The number of sulfone groups is 1. The first kappa shape index (κ1) is 13.5. The maximum Gasteiger partial charge on any atom is 0.188 e. The molecule has 1 aliphatic rings. The van der Waals surface area contributed by atoms with E-state index in [4.69, 9.17) is 11.6 Å². The molecule has 0 bridgehead atoms. The van der Waals surface area contributed by atoms with Crippen molar-refractivity contribution in [2.45, 2.75) is 36.0 Å². The van der Waals surface area contributed by atoms with E-state index in [9.17, 15) is 8.42 Å². The van der Waals surface area contributed by atoms with E-state index in [2.05, 4.69) is 15.5 Å². The molecule has 8 heteroatoms. The molecule has 6 nitrogen and oxygen atoms in total. The first-order valence-electron chi connectivity index (χ1n) is 6.27. The number of nitrogens with zero attached hydrogens (tertiary/aromatic N) is 4. The Bertz CT molecular complexity index is 722. The van der Waals surface area contributed by atoms with E-state index < -0.39 is 15.1 Å². The van der Waals surface area contributed by atoms with Crippen LogP contribution in [0.15, 0.2) is 29.2 Å². The van der Waals surface area contributed by atoms with Crippen LogP contribution < -0.4 is 0 Å². The van der Waals surface area contributed by atoms with Gasteiger partial charge in [-0.15, -0.1) is 5.10 Å². The van der Waals surface area contributed by atoms with Gasteiger partial charge in [-0.1, -0.05) is 11.6 Å². The lowest BCUT2D eigenvalue weighted by Crippen LogP contribution is -2.16.